The minimum Gasteiger partial charge on any atom is -1.00 e. The molecule has 0 amide bonds. The molecule has 0 aliphatic rings. The molecule has 0 saturated heterocycles. The summed E-state index contributed by atoms with van der Waals surface area (Å²) in [4.78, 5) is 0. The Bertz CT molecular complexity index is 6.85. The van der Waals surface area contributed by atoms with Crippen molar-refractivity contribution < 1.29 is 49.8 Å². The van der Waals surface area contributed by atoms with Crippen LogP contribution in [-0.4, -0.2) is 5.48 Å². The SMILES string of the molecule is Cl.O.[Cl-].[Cl-].[Zn+2]. The van der Waals surface area contributed by atoms with Crippen LogP contribution in [0.3, 0.4) is 0 Å². The van der Waals surface area contributed by atoms with Crippen molar-refractivity contribution >= 4 is 12.4 Å². The fourth-order valence-electron chi connectivity index (χ4n) is 0. The van der Waals surface area contributed by atoms with Gasteiger partial charge in [-0.05, 0) is 0 Å². The van der Waals surface area contributed by atoms with Gasteiger partial charge in [0.05, 0.1) is 0 Å². The Morgan fingerprint density at radius 3 is 0.800 bits per heavy atom. The largest absolute Gasteiger partial charge is 2.00 e. The predicted octanol–water partition coefficient (Wildman–Crippen LogP) is -6.40. The van der Waals surface area contributed by atoms with Gasteiger partial charge in [0, 0.05) is 0 Å². The van der Waals surface area contributed by atoms with Crippen LogP contribution < -0.4 is 24.8 Å². The van der Waals surface area contributed by atoms with Gasteiger partial charge in [-0.1, -0.05) is 0 Å². The number of hydrogen-bond donors (Lipinski definition) is 0. The van der Waals surface area contributed by atoms with Crippen molar-refractivity contribution in [2.75, 3.05) is 0 Å². The molecule has 0 aromatic carbocycles. The summed E-state index contributed by atoms with van der Waals surface area (Å²) in [5, 5.41) is 0. The molecule has 32 valence electrons. The van der Waals surface area contributed by atoms with E-state index in [1.807, 2.05) is 0 Å². The molecule has 0 radical (unpaired) electrons. The van der Waals surface area contributed by atoms with Gasteiger partial charge in [-0.2, -0.15) is 0 Å². The van der Waals surface area contributed by atoms with Gasteiger partial charge in [0.25, 0.3) is 0 Å². The second kappa shape index (κ2) is 51.2. The van der Waals surface area contributed by atoms with E-state index in [0.29, 0.717) is 0 Å². The summed E-state index contributed by atoms with van der Waals surface area (Å²) >= 11 is 0. The van der Waals surface area contributed by atoms with Crippen molar-refractivity contribution in [2.24, 2.45) is 0 Å². The Morgan fingerprint density at radius 1 is 0.800 bits per heavy atom. The summed E-state index contributed by atoms with van der Waals surface area (Å²) < 4.78 is 0. The van der Waals surface area contributed by atoms with Crippen LogP contribution in [0, 0.1) is 0 Å². The molecule has 0 saturated carbocycles. The van der Waals surface area contributed by atoms with E-state index >= 15 is 0 Å². The zero-order valence-corrected chi connectivity index (χ0v) is 7.67. The quantitative estimate of drug-likeness (QED) is 0.341. The van der Waals surface area contributed by atoms with Crippen LogP contribution in [0.2, 0.25) is 0 Å². The molecule has 0 fully saturated rings. The van der Waals surface area contributed by atoms with Gasteiger partial charge < -0.3 is 30.3 Å². The van der Waals surface area contributed by atoms with Gasteiger partial charge in [0.1, 0.15) is 0 Å². The minimum atomic E-state index is 0. The van der Waals surface area contributed by atoms with E-state index in [1.165, 1.54) is 0 Å². The Balaban J connectivity index is 0. The van der Waals surface area contributed by atoms with Crippen molar-refractivity contribution in [2.45, 2.75) is 0 Å². The van der Waals surface area contributed by atoms with Crippen LogP contribution in [0.25, 0.3) is 0 Å². The first-order chi connectivity index (χ1) is 0. The summed E-state index contributed by atoms with van der Waals surface area (Å²) in [6, 6.07) is 0. The Morgan fingerprint density at radius 2 is 0.800 bits per heavy atom. The van der Waals surface area contributed by atoms with E-state index in [4.69, 9.17) is 0 Å². The second-order valence-corrected chi connectivity index (χ2v) is 0. The zero-order valence-electron chi connectivity index (χ0n) is 2.37. The first-order valence-electron chi connectivity index (χ1n) is 0. The van der Waals surface area contributed by atoms with Gasteiger partial charge in [-0.15, -0.1) is 12.4 Å². The maximum absolute atomic E-state index is 0. The van der Waals surface area contributed by atoms with E-state index in [9.17, 15) is 0 Å². The van der Waals surface area contributed by atoms with E-state index in [2.05, 4.69) is 0 Å². The molecule has 5 heteroatoms. The Labute approximate surface area is 62.2 Å². The molecule has 0 spiro atoms. The molecule has 2 N–H and O–H groups in total. The van der Waals surface area contributed by atoms with Crippen molar-refractivity contribution in [3.05, 3.63) is 0 Å². The minimum absolute atomic E-state index is 0. The monoisotopic (exact) mass is 188 g/mol. The summed E-state index contributed by atoms with van der Waals surface area (Å²) in [5.41, 5.74) is 0. The molecule has 0 atom stereocenters. The summed E-state index contributed by atoms with van der Waals surface area (Å²) in [6.45, 7) is 0. The van der Waals surface area contributed by atoms with Crippen LogP contribution in [0.1, 0.15) is 0 Å². The van der Waals surface area contributed by atoms with Crippen LogP contribution in [0.15, 0.2) is 0 Å². The van der Waals surface area contributed by atoms with E-state index in [1.54, 1.807) is 0 Å². The van der Waals surface area contributed by atoms with Gasteiger partial charge in [-0.25, -0.2) is 0 Å². The molecule has 0 aliphatic carbocycles. The van der Waals surface area contributed by atoms with Crippen molar-refractivity contribution in [3.63, 3.8) is 0 Å². The summed E-state index contributed by atoms with van der Waals surface area (Å²) in [6.07, 6.45) is 0. The van der Waals surface area contributed by atoms with E-state index in [0.717, 1.165) is 0 Å². The molecular weight excluding hydrogens is 188 g/mol. The van der Waals surface area contributed by atoms with Crippen LogP contribution in [-0.2, 0) is 19.5 Å². The zero-order chi connectivity index (χ0) is 0. The molecule has 0 unspecified atom stereocenters. The molecule has 1 nitrogen and oxygen atoms in total. The number of rotatable bonds is 0. The third-order valence-corrected chi connectivity index (χ3v) is 0. The first-order valence-corrected chi connectivity index (χ1v) is 0. The number of halogens is 3. The van der Waals surface area contributed by atoms with Crippen molar-refractivity contribution in [1.29, 1.82) is 0 Å². The van der Waals surface area contributed by atoms with Gasteiger partial charge >= 0.3 is 19.5 Å². The maximum atomic E-state index is 0. The topological polar surface area (TPSA) is 31.5 Å². The normalized spacial score (nSPS) is 0. The van der Waals surface area contributed by atoms with E-state index in [-0.39, 0.29) is 62.2 Å². The third-order valence-electron chi connectivity index (χ3n) is 0. The Hall–Kier alpha value is 1.45. The van der Waals surface area contributed by atoms with Crippen LogP contribution >= 0.6 is 12.4 Å². The fraction of sp³-hybridized carbons (Fsp3) is 0. The molecular formula is H3Cl3OZn. The molecule has 0 aromatic rings. The summed E-state index contributed by atoms with van der Waals surface area (Å²) in [7, 11) is 0. The molecule has 5 heavy (non-hydrogen) atoms. The average Bonchev–Trinajstić information content (AvgIpc) is 0. The smallest absolute Gasteiger partial charge is 1.00 e. The second-order valence-electron chi connectivity index (χ2n) is 0. The van der Waals surface area contributed by atoms with Crippen LogP contribution in [0.5, 0.6) is 0 Å². The molecule has 0 heterocycles. The first kappa shape index (κ1) is 90.9. The molecule has 0 aliphatic heterocycles. The fourth-order valence-corrected chi connectivity index (χ4v) is 0. The molecule has 0 aromatic heterocycles. The Kier molecular flexibility index (Phi) is 930. The third kappa shape index (κ3) is 30.8. The van der Waals surface area contributed by atoms with Crippen molar-refractivity contribution in [3.8, 4) is 0 Å². The van der Waals surface area contributed by atoms with Gasteiger partial charge in [0.15, 0.2) is 0 Å². The van der Waals surface area contributed by atoms with E-state index < -0.39 is 0 Å². The maximum Gasteiger partial charge on any atom is 2.00 e. The standard InChI is InChI=1S/3ClH.H2O.Zn/h3*1H;1H2;/q;;;;+2/p-2. The predicted molar refractivity (Wildman–Crippen MR) is 10.9 cm³/mol. The molecule has 0 rings (SSSR count). The molecule has 0 bridgehead atoms. The van der Waals surface area contributed by atoms with Crippen molar-refractivity contribution in [1.82, 2.24) is 0 Å². The van der Waals surface area contributed by atoms with Gasteiger partial charge in [0.2, 0.25) is 0 Å². The average molecular weight is 191 g/mol. The number of hydrogen-bond acceptors (Lipinski definition) is 0. The summed E-state index contributed by atoms with van der Waals surface area (Å²) in [5.74, 6) is 0. The van der Waals surface area contributed by atoms with Crippen LogP contribution in [0.4, 0.5) is 0 Å². The van der Waals surface area contributed by atoms with Gasteiger partial charge in [-0.3, -0.25) is 0 Å².